The number of aliphatic carboxylic acids is 1. The van der Waals surface area contributed by atoms with Gasteiger partial charge in [-0.15, -0.1) is 0 Å². The largest absolute Gasteiger partial charge is 0.480 e. The molecule has 0 unspecified atom stereocenters. The first-order chi connectivity index (χ1) is 9.43. The smallest absolute Gasteiger partial charge is 0.326 e. The standard InChI is InChI=1S/C14H14FNO4/c1-3-10(14(18)19)16-13(17)12-7(2)9-6-8(15)4-5-11(9)20-12/h4-6,10H,3H2,1-2H3,(H,16,17)(H,18,19)/t10-/m0/s1. The van der Waals surface area contributed by atoms with Gasteiger partial charge in [0.2, 0.25) is 0 Å². The molecule has 2 aromatic rings. The highest BCUT2D eigenvalue weighted by Gasteiger charge is 2.23. The van der Waals surface area contributed by atoms with Crippen molar-refractivity contribution in [2.75, 3.05) is 0 Å². The molecule has 5 nitrogen and oxygen atoms in total. The first-order valence-electron chi connectivity index (χ1n) is 6.16. The maximum Gasteiger partial charge on any atom is 0.326 e. The quantitative estimate of drug-likeness (QED) is 0.901. The molecule has 6 heteroatoms. The van der Waals surface area contributed by atoms with Crippen molar-refractivity contribution in [2.24, 2.45) is 0 Å². The first-order valence-corrected chi connectivity index (χ1v) is 6.16. The molecule has 0 saturated heterocycles. The number of carbonyl (C=O) groups is 2. The molecule has 1 amide bonds. The van der Waals surface area contributed by atoms with Gasteiger partial charge in [-0.05, 0) is 31.5 Å². The van der Waals surface area contributed by atoms with Gasteiger partial charge in [-0.1, -0.05) is 6.92 Å². The van der Waals surface area contributed by atoms with Gasteiger partial charge in [0.1, 0.15) is 17.4 Å². The van der Waals surface area contributed by atoms with Gasteiger partial charge in [0.15, 0.2) is 5.76 Å². The number of hydrogen-bond donors (Lipinski definition) is 2. The molecule has 0 aliphatic rings. The van der Waals surface area contributed by atoms with Crippen molar-refractivity contribution in [3.63, 3.8) is 0 Å². The number of carboxylic acids is 1. The number of carbonyl (C=O) groups excluding carboxylic acids is 1. The highest BCUT2D eigenvalue weighted by Crippen LogP contribution is 2.26. The van der Waals surface area contributed by atoms with Gasteiger partial charge in [-0.25, -0.2) is 9.18 Å². The molecule has 106 valence electrons. The fourth-order valence-electron chi connectivity index (χ4n) is 1.97. The van der Waals surface area contributed by atoms with Crippen LogP contribution in [0, 0.1) is 12.7 Å². The van der Waals surface area contributed by atoms with Crippen molar-refractivity contribution in [1.82, 2.24) is 5.32 Å². The molecular weight excluding hydrogens is 265 g/mol. The molecule has 1 aromatic heterocycles. The summed E-state index contributed by atoms with van der Waals surface area (Å²) in [5.74, 6) is -2.15. The third-order valence-electron chi connectivity index (χ3n) is 3.12. The Bertz CT molecular complexity index is 677. The summed E-state index contributed by atoms with van der Waals surface area (Å²) in [4.78, 5) is 22.9. The summed E-state index contributed by atoms with van der Waals surface area (Å²) in [6, 6.07) is 2.97. The number of nitrogens with one attached hydrogen (secondary N) is 1. The molecule has 0 saturated carbocycles. The van der Waals surface area contributed by atoms with Crippen LogP contribution in [0.2, 0.25) is 0 Å². The molecule has 1 heterocycles. The van der Waals surface area contributed by atoms with E-state index in [0.717, 1.165) is 0 Å². The van der Waals surface area contributed by atoms with E-state index < -0.39 is 23.7 Å². The Hall–Kier alpha value is -2.37. The van der Waals surface area contributed by atoms with Crippen LogP contribution in [0.3, 0.4) is 0 Å². The molecule has 0 aliphatic heterocycles. The van der Waals surface area contributed by atoms with Gasteiger partial charge < -0.3 is 14.8 Å². The average molecular weight is 279 g/mol. The second-order valence-corrected chi connectivity index (χ2v) is 4.47. The maximum atomic E-state index is 13.2. The Morgan fingerprint density at radius 2 is 2.15 bits per heavy atom. The summed E-state index contributed by atoms with van der Waals surface area (Å²) in [5.41, 5.74) is 0.870. The number of rotatable bonds is 4. The van der Waals surface area contributed by atoms with Crippen LogP contribution >= 0.6 is 0 Å². The highest BCUT2D eigenvalue weighted by atomic mass is 19.1. The topological polar surface area (TPSA) is 79.5 Å². The van der Waals surface area contributed by atoms with Gasteiger partial charge >= 0.3 is 5.97 Å². The molecule has 0 spiro atoms. The van der Waals surface area contributed by atoms with Crippen molar-refractivity contribution in [3.05, 3.63) is 35.3 Å². The number of benzene rings is 1. The summed E-state index contributed by atoms with van der Waals surface area (Å²) < 4.78 is 18.5. The van der Waals surface area contributed by atoms with E-state index in [2.05, 4.69) is 5.32 Å². The summed E-state index contributed by atoms with van der Waals surface area (Å²) >= 11 is 0. The number of aryl methyl sites for hydroxylation is 1. The van der Waals surface area contributed by atoms with Crippen molar-refractivity contribution in [2.45, 2.75) is 26.3 Å². The van der Waals surface area contributed by atoms with Crippen molar-refractivity contribution >= 4 is 22.8 Å². The Kier molecular flexibility index (Phi) is 3.74. The van der Waals surface area contributed by atoms with Gasteiger partial charge in [0, 0.05) is 10.9 Å². The summed E-state index contributed by atoms with van der Waals surface area (Å²) in [5, 5.41) is 11.8. The van der Waals surface area contributed by atoms with Crippen molar-refractivity contribution < 1.29 is 23.5 Å². The molecule has 0 aliphatic carbocycles. The van der Waals surface area contributed by atoms with Crippen LogP contribution < -0.4 is 5.32 Å². The number of carboxylic acid groups (broad SMARTS) is 1. The molecule has 2 rings (SSSR count). The third kappa shape index (κ3) is 2.49. The number of hydrogen-bond acceptors (Lipinski definition) is 3. The molecule has 1 aromatic carbocycles. The zero-order chi connectivity index (χ0) is 14.9. The van der Waals surface area contributed by atoms with Gasteiger partial charge in [0.25, 0.3) is 5.91 Å². The van der Waals surface area contributed by atoms with Gasteiger partial charge in [-0.3, -0.25) is 4.79 Å². The van der Waals surface area contributed by atoms with Crippen LogP contribution in [0.4, 0.5) is 4.39 Å². The van der Waals surface area contributed by atoms with E-state index in [9.17, 15) is 14.0 Å². The number of amides is 1. The lowest BCUT2D eigenvalue weighted by atomic mass is 10.1. The monoisotopic (exact) mass is 279 g/mol. The van der Waals surface area contributed by atoms with Crippen molar-refractivity contribution in [3.8, 4) is 0 Å². The number of fused-ring (bicyclic) bond motifs is 1. The minimum atomic E-state index is -1.11. The van der Waals surface area contributed by atoms with Crippen LogP contribution in [0.1, 0.15) is 29.5 Å². The molecule has 0 bridgehead atoms. The second kappa shape index (κ2) is 5.32. The molecule has 0 radical (unpaired) electrons. The Morgan fingerprint density at radius 1 is 1.45 bits per heavy atom. The van der Waals surface area contributed by atoms with E-state index in [1.807, 2.05) is 0 Å². The molecule has 1 atom stereocenters. The van der Waals surface area contributed by atoms with E-state index in [0.29, 0.717) is 16.5 Å². The van der Waals surface area contributed by atoms with Crippen LogP contribution in [0.15, 0.2) is 22.6 Å². The van der Waals surface area contributed by atoms with Gasteiger partial charge in [0.05, 0.1) is 0 Å². The number of halogens is 1. The minimum absolute atomic E-state index is 0.00491. The van der Waals surface area contributed by atoms with Gasteiger partial charge in [-0.2, -0.15) is 0 Å². The highest BCUT2D eigenvalue weighted by molar-refractivity contribution is 6.00. The summed E-state index contributed by atoms with van der Waals surface area (Å²) in [6.07, 6.45) is 0.259. The Balaban J connectivity index is 2.35. The first kappa shape index (κ1) is 14.0. The van der Waals surface area contributed by atoms with Crippen LogP contribution in [0.5, 0.6) is 0 Å². The van der Waals surface area contributed by atoms with Crippen molar-refractivity contribution in [1.29, 1.82) is 0 Å². The van der Waals surface area contributed by atoms with E-state index in [1.165, 1.54) is 18.2 Å². The predicted octanol–water partition coefficient (Wildman–Crippen LogP) is 2.47. The third-order valence-corrected chi connectivity index (χ3v) is 3.12. The number of furan rings is 1. The van der Waals surface area contributed by atoms with E-state index in [4.69, 9.17) is 9.52 Å². The van der Waals surface area contributed by atoms with Crippen LogP contribution in [-0.4, -0.2) is 23.0 Å². The molecule has 20 heavy (non-hydrogen) atoms. The van der Waals surface area contributed by atoms with E-state index >= 15 is 0 Å². The Morgan fingerprint density at radius 3 is 2.75 bits per heavy atom. The predicted molar refractivity (Wildman–Crippen MR) is 70.1 cm³/mol. The lowest BCUT2D eigenvalue weighted by Gasteiger charge is -2.10. The van der Waals surface area contributed by atoms with Crippen LogP contribution in [-0.2, 0) is 4.79 Å². The zero-order valence-corrected chi connectivity index (χ0v) is 11.1. The zero-order valence-electron chi connectivity index (χ0n) is 11.1. The van der Waals surface area contributed by atoms with Crippen LogP contribution in [0.25, 0.3) is 11.0 Å². The SMILES string of the molecule is CC[C@H](NC(=O)c1oc2ccc(F)cc2c1C)C(=O)O. The minimum Gasteiger partial charge on any atom is -0.480 e. The normalized spacial score (nSPS) is 12.3. The summed E-state index contributed by atoms with van der Waals surface area (Å²) in [6.45, 7) is 3.28. The molecule has 2 N–H and O–H groups in total. The second-order valence-electron chi connectivity index (χ2n) is 4.47. The molecular formula is C14H14FNO4. The van der Waals surface area contributed by atoms with E-state index in [1.54, 1.807) is 13.8 Å². The lowest BCUT2D eigenvalue weighted by Crippen LogP contribution is -2.40. The average Bonchev–Trinajstić information content (AvgIpc) is 2.73. The Labute approximate surface area is 114 Å². The fourth-order valence-corrected chi connectivity index (χ4v) is 1.97. The lowest BCUT2D eigenvalue weighted by molar-refractivity contribution is -0.139. The fraction of sp³-hybridized carbons (Fsp3) is 0.286. The van der Waals surface area contributed by atoms with E-state index in [-0.39, 0.29) is 12.2 Å². The molecule has 0 fully saturated rings. The maximum absolute atomic E-state index is 13.2. The summed E-state index contributed by atoms with van der Waals surface area (Å²) in [7, 11) is 0.